The largest absolute Gasteiger partial charge is 0.481 e. The van der Waals surface area contributed by atoms with E-state index in [-0.39, 0.29) is 12.8 Å². The van der Waals surface area contributed by atoms with Crippen molar-refractivity contribution in [2.45, 2.75) is 64.2 Å². The lowest BCUT2D eigenvalue weighted by Crippen LogP contribution is -2.58. The minimum Gasteiger partial charge on any atom is -0.481 e. The summed E-state index contributed by atoms with van der Waals surface area (Å²) in [6.45, 7) is 4.31. The van der Waals surface area contributed by atoms with E-state index in [1.807, 2.05) is 0 Å². The monoisotopic (exact) mass is 432 g/mol. The predicted molar refractivity (Wildman–Crippen MR) is 101 cm³/mol. The molecule has 0 heterocycles. The Balaban J connectivity index is 5.26. The van der Waals surface area contributed by atoms with E-state index in [1.54, 1.807) is 13.8 Å². The van der Waals surface area contributed by atoms with Gasteiger partial charge in [-0.05, 0) is 19.3 Å². The third-order valence-corrected chi connectivity index (χ3v) is 3.99. The van der Waals surface area contributed by atoms with Crippen LogP contribution in [0, 0.1) is 5.92 Å². The molecule has 170 valence electrons. The number of nitrogens with two attached hydrogens (primary N) is 1. The second kappa shape index (κ2) is 12.4. The first-order valence-corrected chi connectivity index (χ1v) is 9.09. The first kappa shape index (κ1) is 26.8. The molecule has 0 rings (SSSR count). The van der Waals surface area contributed by atoms with Crippen LogP contribution in [0.15, 0.2) is 0 Å². The van der Waals surface area contributed by atoms with Gasteiger partial charge in [-0.15, -0.1) is 0 Å². The number of carbonyl (C=O) groups excluding carboxylic acids is 3. The number of aliphatic carboxylic acids is 3. The number of carbonyl (C=O) groups is 6. The molecule has 0 radical (unpaired) electrons. The molecule has 0 aliphatic rings. The molecular formula is C17H28N4O9. The number of hydrogen-bond donors (Lipinski definition) is 7. The highest BCUT2D eigenvalue weighted by Crippen LogP contribution is 2.06. The molecule has 13 nitrogen and oxygen atoms in total. The van der Waals surface area contributed by atoms with Gasteiger partial charge in [0.1, 0.15) is 18.1 Å². The summed E-state index contributed by atoms with van der Waals surface area (Å²) in [5, 5.41) is 33.1. The molecule has 4 unspecified atom stereocenters. The van der Waals surface area contributed by atoms with Crippen LogP contribution in [0.5, 0.6) is 0 Å². The molecule has 3 amide bonds. The molecule has 0 aromatic rings. The van der Waals surface area contributed by atoms with E-state index in [0.29, 0.717) is 0 Å². The molecule has 0 bridgehead atoms. The molecule has 0 saturated carbocycles. The molecule has 13 heteroatoms. The maximum Gasteiger partial charge on any atom is 0.325 e. The van der Waals surface area contributed by atoms with Crippen molar-refractivity contribution in [3.8, 4) is 0 Å². The highest BCUT2D eigenvalue weighted by atomic mass is 16.4. The van der Waals surface area contributed by atoms with Gasteiger partial charge in [-0.2, -0.15) is 0 Å². The predicted octanol–water partition coefficient (Wildman–Crippen LogP) is -2.13. The molecular weight excluding hydrogens is 404 g/mol. The van der Waals surface area contributed by atoms with Crippen molar-refractivity contribution in [1.82, 2.24) is 16.0 Å². The highest BCUT2D eigenvalue weighted by molar-refractivity contribution is 5.95. The molecule has 0 spiro atoms. The van der Waals surface area contributed by atoms with Crippen LogP contribution in [0.2, 0.25) is 0 Å². The van der Waals surface area contributed by atoms with E-state index >= 15 is 0 Å². The smallest absolute Gasteiger partial charge is 0.325 e. The number of carboxylic acids is 3. The quantitative estimate of drug-likeness (QED) is 0.167. The fraction of sp³-hybridized carbons (Fsp3) is 0.647. The van der Waals surface area contributed by atoms with E-state index in [1.165, 1.54) is 0 Å². The van der Waals surface area contributed by atoms with Crippen molar-refractivity contribution in [1.29, 1.82) is 0 Å². The fourth-order valence-corrected chi connectivity index (χ4v) is 2.23. The van der Waals surface area contributed by atoms with Gasteiger partial charge in [0.05, 0.1) is 12.5 Å². The number of carboxylic acid groups (broad SMARTS) is 3. The van der Waals surface area contributed by atoms with E-state index in [2.05, 4.69) is 16.0 Å². The van der Waals surface area contributed by atoms with Crippen LogP contribution in [-0.4, -0.2) is 75.1 Å². The topological polar surface area (TPSA) is 225 Å². The van der Waals surface area contributed by atoms with E-state index in [9.17, 15) is 28.8 Å². The Morgan fingerprint density at radius 1 is 0.800 bits per heavy atom. The second-order valence-electron chi connectivity index (χ2n) is 7.00. The lowest BCUT2D eigenvalue weighted by Gasteiger charge is -2.26. The Labute approximate surface area is 172 Å². The summed E-state index contributed by atoms with van der Waals surface area (Å²) < 4.78 is 0. The number of amides is 3. The van der Waals surface area contributed by atoms with Crippen molar-refractivity contribution >= 4 is 35.6 Å². The Bertz CT molecular complexity index is 680. The summed E-state index contributed by atoms with van der Waals surface area (Å²) in [5.74, 6) is -7.10. The Morgan fingerprint density at radius 3 is 1.80 bits per heavy atom. The lowest BCUT2D eigenvalue weighted by atomic mass is 10.0. The zero-order valence-corrected chi connectivity index (χ0v) is 16.9. The fourth-order valence-electron chi connectivity index (χ4n) is 2.23. The van der Waals surface area contributed by atoms with Crippen LogP contribution >= 0.6 is 0 Å². The summed E-state index contributed by atoms with van der Waals surface area (Å²) in [6.07, 6.45) is -1.33. The molecule has 8 N–H and O–H groups in total. The van der Waals surface area contributed by atoms with Crippen LogP contribution in [0.3, 0.4) is 0 Å². The minimum atomic E-state index is -1.59. The molecule has 0 saturated heterocycles. The Kier molecular flexibility index (Phi) is 11.0. The summed E-state index contributed by atoms with van der Waals surface area (Å²) in [5.41, 5.74) is 5.61. The lowest BCUT2D eigenvalue weighted by molar-refractivity contribution is -0.143. The zero-order valence-electron chi connectivity index (χ0n) is 16.9. The average Bonchev–Trinajstić information content (AvgIpc) is 2.62. The maximum absolute atomic E-state index is 12.6. The first-order chi connectivity index (χ1) is 13.8. The third-order valence-electron chi connectivity index (χ3n) is 3.99. The van der Waals surface area contributed by atoms with Gasteiger partial charge in [0.25, 0.3) is 0 Å². The van der Waals surface area contributed by atoms with Crippen LogP contribution < -0.4 is 21.7 Å². The molecule has 0 aromatic heterocycles. The van der Waals surface area contributed by atoms with Gasteiger partial charge < -0.3 is 37.0 Å². The normalized spacial score (nSPS) is 14.7. The van der Waals surface area contributed by atoms with Gasteiger partial charge in [-0.25, -0.2) is 0 Å². The van der Waals surface area contributed by atoms with Crippen LogP contribution in [0.25, 0.3) is 0 Å². The summed E-state index contributed by atoms with van der Waals surface area (Å²) in [7, 11) is 0. The van der Waals surface area contributed by atoms with E-state index < -0.39 is 72.1 Å². The van der Waals surface area contributed by atoms with Gasteiger partial charge in [0, 0.05) is 6.42 Å². The number of hydrogen-bond acceptors (Lipinski definition) is 7. The van der Waals surface area contributed by atoms with Crippen LogP contribution in [0.4, 0.5) is 0 Å². The maximum atomic E-state index is 12.6. The van der Waals surface area contributed by atoms with Gasteiger partial charge in [-0.1, -0.05) is 13.8 Å². The molecule has 0 aromatic carbocycles. The van der Waals surface area contributed by atoms with Gasteiger partial charge in [-0.3, -0.25) is 28.8 Å². The van der Waals surface area contributed by atoms with Gasteiger partial charge >= 0.3 is 17.9 Å². The third kappa shape index (κ3) is 9.82. The highest BCUT2D eigenvalue weighted by Gasteiger charge is 2.32. The molecule has 30 heavy (non-hydrogen) atoms. The van der Waals surface area contributed by atoms with E-state index in [0.717, 1.165) is 6.92 Å². The summed E-state index contributed by atoms with van der Waals surface area (Å²) in [6, 6.07) is -5.30. The van der Waals surface area contributed by atoms with E-state index in [4.69, 9.17) is 21.1 Å². The number of nitrogens with one attached hydrogen (secondary N) is 3. The summed E-state index contributed by atoms with van der Waals surface area (Å²) >= 11 is 0. The molecule has 0 aliphatic heterocycles. The van der Waals surface area contributed by atoms with Crippen LogP contribution in [0.1, 0.15) is 40.0 Å². The van der Waals surface area contributed by atoms with Crippen molar-refractivity contribution in [2.24, 2.45) is 11.7 Å². The zero-order chi connectivity index (χ0) is 23.6. The van der Waals surface area contributed by atoms with Crippen molar-refractivity contribution < 1.29 is 44.1 Å². The van der Waals surface area contributed by atoms with Crippen molar-refractivity contribution in [3.05, 3.63) is 0 Å². The van der Waals surface area contributed by atoms with Gasteiger partial charge in [0.2, 0.25) is 17.7 Å². The van der Waals surface area contributed by atoms with Crippen molar-refractivity contribution in [3.63, 3.8) is 0 Å². The Hall–Kier alpha value is -3.22. The standard InChI is InChI=1S/C17H28N4O9/c1-7(2)13(21-14(26)9(18)4-5-11(22)23)16(28)20-10(6-12(24)25)15(27)19-8(3)17(29)30/h7-10,13H,4-6,18H2,1-3H3,(H,19,27)(H,20,28)(H,21,26)(H,22,23)(H,24,25)(H,29,30). The molecule has 0 fully saturated rings. The second-order valence-corrected chi connectivity index (χ2v) is 7.00. The Morgan fingerprint density at radius 2 is 1.37 bits per heavy atom. The molecule has 4 atom stereocenters. The number of rotatable bonds is 13. The average molecular weight is 432 g/mol. The SMILES string of the molecule is CC(NC(=O)C(CC(=O)O)NC(=O)C(NC(=O)C(N)CCC(=O)O)C(C)C)C(=O)O. The van der Waals surface area contributed by atoms with Crippen LogP contribution in [-0.2, 0) is 28.8 Å². The summed E-state index contributed by atoms with van der Waals surface area (Å²) in [4.78, 5) is 69.4. The first-order valence-electron chi connectivity index (χ1n) is 9.09. The molecule has 0 aliphatic carbocycles. The van der Waals surface area contributed by atoms with Crippen molar-refractivity contribution in [2.75, 3.05) is 0 Å². The van der Waals surface area contributed by atoms with Gasteiger partial charge in [0.15, 0.2) is 0 Å². The minimum absolute atomic E-state index is 0.162.